The predicted octanol–water partition coefficient (Wildman–Crippen LogP) is 1.62. The Bertz CT molecular complexity index is 466. The van der Waals surface area contributed by atoms with Gasteiger partial charge in [-0.1, -0.05) is 0 Å². The van der Waals surface area contributed by atoms with Crippen molar-refractivity contribution in [3.63, 3.8) is 0 Å². The summed E-state index contributed by atoms with van der Waals surface area (Å²) in [7, 11) is 4.23. The molecule has 0 bridgehead atoms. The number of piperidine rings is 1. The molecule has 1 aromatic heterocycles. The molecule has 1 fully saturated rings. The van der Waals surface area contributed by atoms with Crippen LogP contribution in [0.5, 0.6) is 0 Å². The van der Waals surface area contributed by atoms with Gasteiger partial charge in [-0.3, -0.25) is 0 Å². The van der Waals surface area contributed by atoms with Crippen LogP contribution in [0.25, 0.3) is 0 Å². The smallest absolute Gasteiger partial charge is 0.337 e. The van der Waals surface area contributed by atoms with Crippen LogP contribution in [0.15, 0.2) is 12.3 Å². The molecule has 2 heterocycles. The van der Waals surface area contributed by atoms with Gasteiger partial charge >= 0.3 is 5.97 Å². The average molecular weight is 263 g/mol. The Kier molecular flexibility index (Phi) is 4.04. The summed E-state index contributed by atoms with van der Waals surface area (Å²) in [6, 6.07) is 2.33. The molecule has 0 unspecified atom stereocenters. The van der Waals surface area contributed by atoms with Gasteiger partial charge in [-0.05, 0) is 45.5 Å². The minimum absolute atomic E-state index is 0.254. The number of pyridine rings is 1. The second kappa shape index (κ2) is 5.57. The Balaban J connectivity index is 2.09. The van der Waals surface area contributed by atoms with Gasteiger partial charge < -0.3 is 14.9 Å². The number of rotatable bonds is 3. The van der Waals surface area contributed by atoms with Crippen LogP contribution < -0.4 is 4.90 Å². The molecule has 0 radical (unpaired) electrons. The molecular weight excluding hydrogens is 242 g/mol. The van der Waals surface area contributed by atoms with Gasteiger partial charge in [0.2, 0.25) is 0 Å². The third-order valence-electron chi connectivity index (χ3n) is 3.79. The Morgan fingerprint density at radius 1 is 1.42 bits per heavy atom. The Labute approximate surface area is 113 Å². The number of anilines is 1. The summed E-state index contributed by atoms with van der Waals surface area (Å²) in [6.45, 7) is 3.87. The number of hydrogen-bond donors (Lipinski definition) is 1. The van der Waals surface area contributed by atoms with Crippen molar-refractivity contribution in [2.45, 2.75) is 25.8 Å². The lowest BCUT2D eigenvalue weighted by atomic mass is 10.0. The number of carbonyl (C=O) groups is 1. The van der Waals surface area contributed by atoms with E-state index in [4.69, 9.17) is 5.11 Å². The SMILES string of the molecule is Cc1cc(C(=O)O)cnc1N1CCC(N(C)C)CC1. The van der Waals surface area contributed by atoms with Gasteiger partial charge in [0.25, 0.3) is 0 Å². The first kappa shape index (κ1) is 13.8. The first-order valence-electron chi connectivity index (χ1n) is 6.60. The van der Waals surface area contributed by atoms with Crippen LogP contribution in [0.2, 0.25) is 0 Å². The second-order valence-electron chi connectivity index (χ2n) is 5.35. The predicted molar refractivity (Wildman–Crippen MR) is 74.9 cm³/mol. The molecule has 0 aliphatic carbocycles. The van der Waals surface area contributed by atoms with Crippen LogP contribution in [-0.4, -0.2) is 54.2 Å². The molecule has 1 aliphatic heterocycles. The molecule has 0 aromatic carbocycles. The molecule has 0 atom stereocenters. The van der Waals surface area contributed by atoms with Crippen LogP contribution in [-0.2, 0) is 0 Å². The average Bonchev–Trinajstić information content (AvgIpc) is 2.38. The fourth-order valence-corrected chi connectivity index (χ4v) is 2.61. The molecule has 5 heteroatoms. The molecule has 0 amide bonds. The van der Waals surface area contributed by atoms with Gasteiger partial charge in [0.1, 0.15) is 5.82 Å². The Morgan fingerprint density at radius 2 is 2.05 bits per heavy atom. The molecule has 1 N–H and O–H groups in total. The first-order valence-corrected chi connectivity index (χ1v) is 6.60. The van der Waals surface area contributed by atoms with Gasteiger partial charge in [0, 0.05) is 25.3 Å². The van der Waals surface area contributed by atoms with E-state index in [0.29, 0.717) is 6.04 Å². The Hall–Kier alpha value is -1.62. The summed E-state index contributed by atoms with van der Waals surface area (Å²) in [5.41, 5.74) is 1.19. The van der Waals surface area contributed by atoms with Crippen molar-refractivity contribution in [1.29, 1.82) is 0 Å². The van der Waals surface area contributed by atoms with E-state index in [1.54, 1.807) is 6.07 Å². The lowest BCUT2D eigenvalue weighted by Crippen LogP contribution is -2.42. The summed E-state index contributed by atoms with van der Waals surface area (Å²) in [5.74, 6) is -0.00401. The molecule has 1 saturated heterocycles. The minimum atomic E-state index is -0.923. The molecular formula is C14H21N3O2. The summed E-state index contributed by atoms with van der Waals surface area (Å²) < 4.78 is 0. The molecule has 0 saturated carbocycles. The van der Waals surface area contributed by atoms with Crippen LogP contribution in [0.1, 0.15) is 28.8 Å². The Morgan fingerprint density at radius 3 is 2.53 bits per heavy atom. The summed E-state index contributed by atoms with van der Waals surface area (Å²) in [5, 5.41) is 8.95. The number of aromatic carboxylic acids is 1. The van der Waals surface area contributed by atoms with E-state index >= 15 is 0 Å². The zero-order valence-corrected chi connectivity index (χ0v) is 11.8. The highest BCUT2D eigenvalue weighted by atomic mass is 16.4. The van der Waals surface area contributed by atoms with Crippen molar-refractivity contribution in [3.8, 4) is 0 Å². The number of nitrogens with zero attached hydrogens (tertiary/aromatic N) is 3. The van der Waals surface area contributed by atoms with Gasteiger partial charge in [0.05, 0.1) is 5.56 Å². The molecule has 1 aromatic rings. The van der Waals surface area contributed by atoms with Crippen molar-refractivity contribution in [1.82, 2.24) is 9.88 Å². The third kappa shape index (κ3) is 3.04. The number of aromatic nitrogens is 1. The summed E-state index contributed by atoms with van der Waals surface area (Å²) in [6.07, 6.45) is 3.69. The third-order valence-corrected chi connectivity index (χ3v) is 3.79. The lowest BCUT2D eigenvalue weighted by molar-refractivity contribution is 0.0696. The van der Waals surface area contributed by atoms with Crippen molar-refractivity contribution >= 4 is 11.8 Å². The van der Waals surface area contributed by atoms with E-state index in [1.165, 1.54) is 6.20 Å². The van der Waals surface area contributed by atoms with Crippen LogP contribution >= 0.6 is 0 Å². The van der Waals surface area contributed by atoms with Gasteiger partial charge in [-0.25, -0.2) is 9.78 Å². The maximum absolute atomic E-state index is 10.9. The fourth-order valence-electron chi connectivity index (χ4n) is 2.61. The molecule has 2 rings (SSSR count). The monoisotopic (exact) mass is 263 g/mol. The lowest BCUT2D eigenvalue weighted by Gasteiger charge is -2.36. The molecule has 5 nitrogen and oxygen atoms in total. The highest BCUT2D eigenvalue weighted by Gasteiger charge is 2.22. The van der Waals surface area contributed by atoms with Crippen LogP contribution in [0.3, 0.4) is 0 Å². The quantitative estimate of drug-likeness (QED) is 0.898. The van der Waals surface area contributed by atoms with E-state index in [1.807, 2.05) is 6.92 Å². The van der Waals surface area contributed by atoms with E-state index in [2.05, 4.69) is 28.9 Å². The standard InChI is InChI=1S/C14H21N3O2/c1-10-8-11(14(18)19)9-15-13(10)17-6-4-12(5-7-17)16(2)3/h8-9,12H,4-7H2,1-3H3,(H,18,19). The first-order chi connectivity index (χ1) is 8.99. The highest BCUT2D eigenvalue weighted by molar-refractivity contribution is 5.87. The maximum atomic E-state index is 10.9. The van der Waals surface area contributed by atoms with Crippen LogP contribution in [0, 0.1) is 6.92 Å². The van der Waals surface area contributed by atoms with Gasteiger partial charge in [-0.2, -0.15) is 0 Å². The maximum Gasteiger partial charge on any atom is 0.337 e. The number of carboxylic acid groups (broad SMARTS) is 1. The molecule has 0 spiro atoms. The van der Waals surface area contributed by atoms with E-state index < -0.39 is 5.97 Å². The highest BCUT2D eigenvalue weighted by Crippen LogP contribution is 2.23. The van der Waals surface area contributed by atoms with Crippen LogP contribution in [0.4, 0.5) is 5.82 Å². The largest absolute Gasteiger partial charge is 0.478 e. The van der Waals surface area contributed by atoms with Gasteiger partial charge in [0.15, 0.2) is 0 Å². The van der Waals surface area contributed by atoms with Crippen molar-refractivity contribution in [2.24, 2.45) is 0 Å². The summed E-state index contributed by atoms with van der Waals surface area (Å²) >= 11 is 0. The second-order valence-corrected chi connectivity index (χ2v) is 5.35. The fraction of sp³-hybridized carbons (Fsp3) is 0.571. The number of carboxylic acids is 1. The molecule has 104 valence electrons. The number of aryl methyl sites for hydroxylation is 1. The molecule has 1 aliphatic rings. The minimum Gasteiger partial charge on any atom is -0.478 e. The van der Waals surface area contributed by atoms with E-state index in [0.717, 1.165) is 37.3 Å². The zero-order chi connectivity index (χ0) is 14.0. The van der Waals surface area contributed by atoms with E-state index in [9.17, 15) is 4.79 Å². The van der Waals surface area contributed by atoms with Crippen molar-refractivity contribution in [2.75, 3.05) is 32.1 Å². The van der Waals surface area contributed by atoms with E-state index in [-0.39, 0.29) is 5.56 Å². The summed E-state index contributed by atoms with van der Waals surface area (Å²) in [4.78, 5) is 19.7. The topological polar surface area (TPSA) is 56.7 Å². The van der Waals surface area contributed by atoms with Crippen molar-refractivity contribution in [3.05, 3.63) is 23.4 Å². The number of hydrogen-bond acceptors (Lipinski definition) is 4. The normalized spacial score (nSPS) is 16.9. The van der Waals surface area contributed by atoms with Crippen molar-refractivity contribution < 1.29 is 9.90 Å². The zero-order valence-electron chi connectivity index (χ0n) is 11.8. The molecule has 19 heavy (non-hydrogen) atoms. The van der Waals surface area contributed by atoms with Gasteiger partial charge in [-0.15, -0.1) is 0 Å².